The molecule has 4 rings (SSSR count). The fourth-order valence-corrected chi connectivity index (χ4v) is 5.16. The Hall–Kier alpha value is -4.49. The van der Waals surface area contributed by atoms with Crippen molar-refractivity contribution < 1.29 is 60.7 Å². The summed E-state index contributed by atoms with van der Waals surface area (Å²) in [5.41, 5.74) is -3.23. The zero-order valence-electron chi connectivity index (χ0n) is 25.2. The Morgan fingerprint density at radius 3 is 1.98 bits per heavy atom. The highest BCUT2D eigenvalue weighted by Crippen LogP contribution is 2.45. The monoisotopic (exact) mass is 634 g/mol. The molecule has 3 aromatic rings. The van der Waals surface area contributed by atoms with Crippen molar-refractivity contribution in [2.75, 3.05) is 48.8 Å². The Balaban J connectivity index is 1.67. The van der Waals surface area contributed by atoms with E-state index >= 15 is 0 Å². The van der Waals surface area contributed by atoms with Gasteiger partial charge in [-0.2, -0.15) is 13.2 Å². The summed E-state index contributed by atoms with van der Waals surface area (Å²) in [6, 6.07) is 15.8. The van der Waals surface area contributed by atoms with Crippen LogP contribution in [0.25, 0.3) is 0 Å². The van der Waals surface area contributed by atoms with Crippen LogP contribution in [0.4, 0.5) is 13.2 Å². The minimum Gasteiger partial charge on any atom is -0.493 e. The van der Waals surface area contributed by atoms with E-state index in [0.29, 0.717) is 22.8 Å². The Morgan fingerprint density at radius 2 is 1.40 bits per heavy atom. The van der Waals surface area contributed by atoms with Gasteiger partial charge in [0.25, 0.3) is 5.60 Å². The van der Waals surface area contributed by atoms with Crippen LogP contribution in [0.15, 0.2) is 66.7 Å². The van der Waals surface area contributed by atoms with Gasteiger partial charge in [-0.1, -0.05) is 36.4 Å². The number of hydrogen-bond acceptors (Lipinski definition) is 10. The van der Waals surface area contributed by atoms with E-state index in [1.54, 1.807) is 18.2 Å². The van der Waals surface area contributed by atoms with Crippen LogP contribution in [0.2, 0.25) is 0 Å². The molecule has 1 aliphatic rings. The first-order valence-corrected chi connectivity index (χ1v) is 13.7. The van der Waals surface area contributed by atoms with Gasteiger partial charge in [0, 0.05) is 12.7 Å². The Bertz CT molecular complexity index is 1480. The van der Waals surface area contributed by atoms with Gasteiger partial charge in [0.15, 0.2) is 23.0 Å². The molecule has 0 aliphatic carbocycles. The molecular weight excluding hydrogens is 601 g/mol. The van der Waals surface area contributed by atoms with Crippen LogP contribution >= 0.6 is 0 Å². The lowest BCUT2D eigenvalue weighted by molar-refractivity contribution is -0.278. The fraction of sp³-hybridized carbons (Fsp3) is 0.375. The van der Waals surface area contributed by atoms with Gasteiger partial charge in [-0.05, 0) is 35.9 Å². The standard InChI is InChI=1S/C32H33F3O10/c1-38-23-13-11-19(15-25(23)40-3)28-22(17-44-29(36)20-12-14-24(39-2)26(16-20)41-4)27(18-43-28)45-30(37)31(42-5,32(33,34)35)21-9-7-6-8-10-21/h6-16,22,27-28H,17-18H2,1-5H3/t22-,27-,28-,31+/m1/s1. The molecule has 0 unspecified atom stereocenters. The minimum atomic E-state index is -5.18. The number of rotatable bonds is 12. The first kappa shape index (κ1) is 33.4. The average molecular weight is 635 g/mol. The Morgan fingerprint density at radius 1 is 0.800 bits per heavy atom. The second-order valence-corrected chi connectivity index (χ2v) is 9.89. The molecule has 0 saturated carbocycles. The maximum absolute atomic E-state index is 14.6. The van der Waals surface area contributed by atoms with Crippen LogP contribution in [0, 0.1) is 5.92 Å². The molecule has 0 N–H and O–H groups in total. The quantitative estimate of drug-likeness (QED) is 0.244. The summed E-state index contributed by atoms with van der Waals surface area (Å²) in [5, 5.41) is 0. The number of alkyl halides is 3. The summed E-state index contributed by atoms with van der Waals surface area (Å²) in [5.74, 6) is -1.92. The molecule has 0 bridgehead atoms. The molecule has 4 atom stereocenters. The van der Waals surface area contributed by atoms with E-state index in [-0.39, 0.29) is 24.5 Å². The number of halogens is 3. The first-order chi connectivity index (χ1) is 21.5. The van der Waals surface area contributed by atoms with Gasteiger partial charge in [0.05, 0.1) is 52.6 Å². The summed E-state index contributed by atoms with van der Waals surface area (Å²) in [4.78, 5) is 26.5. The van der Waals surface area contributed by atoms with Crippen LogP contribution in [0.3, 0.4) is 0 Å². The number of hydrogen-bond donors (Lipinski definition) is 0. The van der Waals surface area contributed by atoms with E-state index in [4.69, 9.17) is 37.9 Å². The largest absolute Gasteiger partial charge is 0.493 e. The summed E-state index contributed by atoms with van der Waals surface area (Å²) in [7, 11) is 6.54. The summed E-state index contributed by atoms with van der Waals surface area (Å²) in [6.45, 7) is -0.683. The van der Waals surface area contributed by atoms with Crippen molar-refractivity contribution in [2.24, 2.45) is 5.92 Å². The lowest BCUT2D eigenvalue weighted by Gasteiger charge is -2.34. The number of esters is 2. The number of carbonyl (C=O) groups excluding carboxylic acids is 2. The molecule has 45 heavy (non-hydrogen) atoms. The molecule has 10 nitrogen and oxygen atoms in total. The molecule has 0 radical (unpaired) electrons. The van der Waals surface area contributed by atoms with Gasteiger partial charge >= 0.3 is 18.1 Å². The van der Waals surface area contributed by atoms with Crippen molar-refractivity contribution in [2.45, 2.75) is 24.0 Å². The summed E-state index contributed by atoms with van der Waals surface area (Å²) >= 11 is 0. The zero-order valence-corrected chi connectivity index (χ0v) is 25.2. The number of carbonyl (C=O) groups is 2. The molecule has 1 aliphatic heterocycles. The Labute approximate surface area is 257 Å². The van der Waals surface area contributed by atoms with E-state index in [1.165, 1.54) is 64.8 Å². The van der Waals surface area contributed by atoms with Gasteiger partial charge in [0.2, 0.25) is 0 Å². The van der Waals surface area contributed by atoms with Crippen molar-refractivity contribution in [1.82, 2.24) is 0 Å². The molecule has 0 spiro atoms. The number of benzene rings is 3. The molecular formula is C32H33F3O10. The van der Waals surface area contributed by atoms with Gasteiger partial charge in [0.1, 0.15) is 12.7 Å². The van der Waals surface area contributed by atoms with Crippen molar-refractivity contribution in [3.63, 3.8) is 0 Å². The normalized spacial score (nSPS) is 19.2. The van der Waals surface area contributed by atoms with E-state index < -0.39 is 47.4 Å². The van der Waals surface area contributed by atoms with Gasteiger partial charge in [-0.25, -0.2) is 9.59 Å². The van der Waals surface area contributed by atoms with Crippen LogP contribution < -0.4 is 18.9 Å². The second-order valence-electron chi connectivity index (χ2n) is 9.89. The van der Waals surface area contributed by atoms with Crippen molar-refractivity contribution in [3.05, 3.63) is 83.4 Å². The highest BCUT2D eigenvalue weighted by molar-refractivity contribution is 5.90. The topological polar surface area (TPSA) is 108 Å². The Kier molecular flexibility index (Phi) is 10.5. The summed E-state index contributed by atoms with van der Waals surface area (Å²) in [6.07, 6.45) is -7.33. The van der Waals surface area contributed by atoms with E-state index in [1.807, 2.05) is 0 Å². The third-order valence-electron chi connectivity index (χ3n) is 7.50. The van der Waals surface area contributed by atoms with Crippen LogP contribution in [-0.4, -0.2) is 73.0 Å². The van der Waals surface area contributed by atoms with E-state index in [9.17, 15) is 22.8 Å². The summed E-state index contributed by atoms with van der Waals surface area (Å²) < 4.78 is 86.8. The maximum Gasteiger partial charge on any atom is 0.432 e. The highest BCUT2D eigenvalue weighted by Gasteiger charge is 2.64. The lowest BCUT2D eigenvalue weighted by atomic mass is 9.91. The number of methoxy groups -OCH3 is 5. The highest BCUT2D eigenvalue weighted by atomic mass is 19.4. The SMILES string of the molecule is COc1ccc(C(=O)OC[C@H]2[C@@H](c3ccc(OC)c(OC)c3)OC[C@H]2OC(=O)[C@@](OC)(c2ccccc2)C(F)(F)F)cc1OC. The van der Waals surface area contributed by atoms with Gasteiger partial charge in [-0.15, -0.1) is 0 Å². The molecule has 0 aromatic heterocycles. The predicted molar refractivity (Wildman–Crippen MR) is 153 cm³/mol. The number of ether oxygens (including phenoxy) is 8. The first-order valence-electron chi connectivity index (χ1n) is 13.7. The molecule has 13 heteroatoms. The fourth-order valence-electron chi connectivity index (χ4n) is 5.16. The smallest absolute Gasteiger partial charge is 0.432 e. The van der Waals surface area contributed by atoms with Crippen LogP contribution in [0.5, 0.6) is 23.0 Å². The van der Waals surface area contributed by atoms with Gasteiger partial charge in [-0.3, -0.25) is 0 Å². The van der Waals surface area contributed by atoms with E-state index in [2.05, 4.69) is 0 Å². The molecule has 1 saturated heterocycles. The molecule has 242 valence electrons. The molecule has 1 fully saturated rings. The molecule has 1 heterocycles. The predicted octanol–water partition coefficient (Wildman–Crippen LogP) is 5.28. The lowest BCUT2D eigenvalue weighted by Crippen LogP contribution is -2.53. The maximum atomic E-state index is 14.6. The molecule has 3 aromatic carbocycles. The van der Waals surface area contributed by atoms with Crippen molar-refractivity contribution in [1.29, 1.82) is 0 Å². The van der Waals surface area contributed by atoms with Crippen molar-refractivity contribution >= 4 is 11.9 Å². The van der Waals surface area contributed by atoms with Crippen LogP contribution in [-0.2, 0) is 29.3 Å². The third kappa shape index (κ3) is 6.64. The van der Waals surface area contributed by atoms with Crippen LogP contribution in [0.1, 0.15) is 27.6 Å². The third-order valence-corrected chi connectivity index (χ3v) is 7.50. The second kappa shape index (κ2) is 14.1. The minimum absolute atomic E-state index is 0.127. The average Bonchev–Trinajstić information content (AvgIpc) is 3.45. The van der Waals surface area contributed by atoms with E-state index in [0.717, 1.165) is 19.2 Å². The molecule has 0 amide bonds. The van der Waals surface area contributed by atoms with Crippen molar-refractivity contribution in [3.8, 4) is 23.0 Å². The van der Waals surface area contributed by atoms with Gasteiger partial charge < -0.3 is 37.9 Å². The zero-order chi connectivity index (χ0) is 32.8.